The van der Waals surface area contributed by atoms with Gasteiger partial charge in [-0.25, -0.2) is 0 Å². The minimum atomic E-state index is -0.405. The topological polar surface area (TPSA) is 96.2 Å². The number of aliphatic hydroxyl groups excluding tert-OH is 1. The van der Waals surface area contributed by atoms with Crippen molar-refractivity contribution in [3.63, 3.8) is 0 Å². The highest BCUT2D eigenvalue weighted by atomic mass is 16.3. The SMILES string of the molecule is CN1C[C@@H](CC(=O)NCCn2ncnn2)[C@H](O)C1. The Morgan fingerprint density at radius 1 is 1.56 bits per heavy atom. The molecule has 1 aromatic heterocycles. The zero-order valence-corrected chi connectivity index (χ0v) is 10.4. The summed E-state index contributed by atoms with van der Waals surface area (Å²) in [6.45, 7) is 2.37. The number of rotatable bonds is 5. The van der Waals surface area contributed by atoms with Crippen LogP contribution in [0.25, 0.3) is 0 Å². The summed E-state index contributed by atoms with van der Waals surface area (Å²) >= 11 is 0. The average molecular weight is 254 g/mol. The van der Waals surface area contributed by atoms with Crippen molar-refractivity contribution in [2.45, 2.75) is 19.1 Å². The Bertz CT molecular complexity index is 382. The molecule has 0 spiro atoms. The van der Waals surface area contributed by atoms with Crippen LogP contribution < -0.4 is 5.32 Å². The largest absolute Gasteiger partial charge is 0.391 e. The van der Waals surface area contributed by atoms with Crippen LogP contribution in [0.3, 0.4) is 0 Å². The minimum Gasteiger partial charge on any atom is -0.391 e. The van der Waals surface area contributed by atoms with Gasteiger partial charge in [-0.1, -0.05) is 0 Å². The zero-order valence-electron chi connectivity index (χ0n) is 10.4. The third kappa shape index (κ3) is 3.47. The van der Waals surface area contributed by atoms with E-state index in [1.165, 1.54) is 11.1 Å². The molecule has 8 nitrogen and oxygen atoms in total. The molecule has 1 fully saturated rings. The molecule has 0 unspecified atom stereocenters. The van der Waals surface area contributed by atoms with Gasteiger partial charge in [-0.3, -0.25) is 4.79 Å². The molecule has 1 aliphatic heterocycles. The van der Waals surface area contributed by atoms with Crippen molar-refractivity contribution in [1.82, 2.24) is 30.4 Å². The molecule has 1 amide bonds. The van der Waals surface area contributed by atoms with Crippen LogP contribution >= 0.6 is 0 Å². The highest BCUT2D eigenvalue weighted by Crippen LogP contribution is 2.18. The number of likely N-dealkylation sites (N-methyl/N-ethyl adjacent to an activating group) is 1. The van der Waals surface area contributed by atoms with Crippen LogP contribution in [0.5, 0.6) is 0 Å². The first-order chi connectivity index (χ1) is 8.65. The first-order valence-corrected chi connectivity index (χ1v) is 5.99. The van der Waals surface area contributed by atoms with Crippen LogP contribution in [0, 0.1) is 5.92 Å². The molecule has 0 aromatic carbocycles. The number of carbonyl (C=O) groups excluding carboxylic acids is 1. The van der Waals surface area contributed by atoms with E-state index in [4.69, 9.17) is 0 Å². The number of β-amino-alcohol motifs (C(OH)–C–C–N with tert-alkyl or cyclic N) is 1. The number of aromatic nitrogens is 4. The molecule has 1 aromatic rings. The van der Waals surface area contributed by atoms with Gasteiger partial charge in [-0.2, -0.15) is 4.80 Å². The van der Waals surface area contributed by atoms with Gasteiger partial charge in [0.2, 0.25) is 5.91 Å². The molecule has 100 valence electrons. The molecule has 0 radical (unpaired) electrons. The molecule has 18 heavy (non-hydrogen) atoms. The number of hydrogen-bond acceptors (Lipinski definition) is 6. The molecule has 1 saturated heterocycles. The number of carbonyl (C=O) groups is 1. The Kier molecular flexibility index (Phi) is 4.21. The predicted molar refractivity (Wildman–Crippen MR) is 62.4 cm³/mol. The number of nitrogens with one attached hydrogen (secondary N) is 1. The summed E-state index contributed by atoms with van der Waals surface area (Å²) in [4.78, 5) is 15.1. The van der Waals surface area contributed by atoms with Crippen molar-refractivity contribution in [3.8, 4) is 0 Å². The lowest BCUT2D eigenvalue weighted by Crippen LogP contribution is -2.32. The van der Waals surface area contributed by atoms with Crippen LogP contribution in [0.1, 0.15) is 6.42 Å². The van der Waals surface area contributed by atoms with Crippen molar-refractivity contribution in [3.05, 3.63) is 6.33 Å². The molecule has 2 rings (SSSR count). The summed E-state index contributed by atoms with van der Waals surface area (Å²) < 4.78 is 0. The van der Waals surface area contributed by atoms with Crippen LogP contribution in [-0.2, 0) is 11.3 Å². The van der Waals surface area contributed by atoms with Gasteiger partial charge in [-0.15, -0.1) is 10.2 Å². The summed E-state index contributed by atoms with van der Waals surface area (Å²) in [6, 6.07) is 0. The number of amides is 1. The highest BCUT2D eigenvalue weighted by molar-refractivity contribution is 5.76. The van der Waals surface area contributed by atoms with E-state index in [1.54, 1.807) is 0 Å². The number of aliphatic hydroxyl groups is 1. The molecule has 2 heterocycles. The summed E-state index contributed by atoms with van der Waals surface area (Å²) in [5.74, 6) is -0.0195. The van der Waals surface area contributed by atoms with Gasteiger partial charge in [0, 0.05) is 32.0 Å². The summed E-state index contributed by atoms with van der Waals surface area (Å²) in [5, 5.41) is 23.6. The van der Waals surface area contributed by atoms with Crippen molar-refractivity contribution in [2.75, 3.05) is 26.7 Å². The Labute approximate surface area is 105 Å². The summed E-state index contributed by atoms with van der Waals surface area (Å²) in [6.07, 6.45) is 1.31. The normalized spacial score (nSPS) is 24.3. The van der Waals surface area contributed by atoms with Crippen molar-refractivity contribution in [2.24, 2.45) is 5.92 Å². The van der Waals surface area contributed by atoms with E-state index in [1.807, 2.05) is 11.9 Å². The highest BCUT2D eigenvalue weighted by Gasteiger charge is 2.30. The minimum absolute atomic E-state index is 0.0273. The second-order valence-electron chi connectivity index (χ2n) is 4.63. The molecule has 2 N–H and O–H groups in total. The maximum atomic E-state index is 11.7. The van der Waals surface area contributed by atoms with E-state index in [9.17, 15) is 9.90 Å². The van der Waals surface area contributed by atoms with Gasteiger partial charge >= 0.3 is 0 Å². The van der Waals surface area contributed by atoms with Crippen molar-refractivity contribution >= 4 is 5.91 Å². The molecular weight excluding hydrogens is 236 g/mol. The maximum absolute atomic E-state index is 11.7. The lowest BCUT2D eigenvalue weighted by molar-refractivity contribution is -0.122. The van der Waals surface area contributed by atoms with Gasteiger partial charge in [-0.05, 0) is 12.3 Å². The molecule has 0 saturated carbocycles. The van der Waals surface area contributed by atoms with E-state index < -0.39 is 6.10 Å². The second-order valence-corrected chi connectivity index (χ2v) is 4.63. The second kappa shape index (κ2) is 5.87. The fraction of sp³-hybridized carbons (Fsp3) is 0.800. The van der Waals surface area contributed by atoms with Gasteiger partial charge in [0.05, 0.1) is 12.6 Å². The van der Waals surface area contributed by atoms with Gasteiger partial charge < -0.3 is 15.3 Å². The van der Waals surface area contributed by atoms with E-state index in [2.05, 4.69) is 20.7 Å². The fourth-order valence-corrected chi connectivity index (χ4v) is 2.16. The lowest BCUT2D eigenvalue weighted by atomic mass is 10.0. The molecule has 8 heteroatoms. The molecule has 0 bridgehead atoms. The Morgan fingerprint density at radius 2 is 2.39 bits per heavy atom. The molecule has 1 aliphatic rings. The maximum Gasteiger partial charge on any atom is 0.220 e. The van der Waals surface area contributed by atoms with Gasteiger partial charge in [0.25, 0.3) is 0 Å². The van der Waals surface area contributed by atoms with Crippen LogP contribution in [0.4, 0.5) is 0 Å². The van der Waals surface area contributed by atoms with E-state index in [-0.39, 0.29) is 11.8 Å². The van der Waals surface area contributed by atoms with E-state index in [0.29, 0.717) is 26.1 Å². The monoisotopic (exact) mass is 254 g/mol. The Balaban J connectivity index is 1.66. The smallest absolute Gasteiger partial charge is 0.220 e. The Hall–Kier alpha value is -1.54. The van der Waals surface area contributed by atoms with E-state index >= 15 is 0 Å². The number of likely N-dealkylation sites (tertiary alicyclic amines) is 1. The molecule has 0 aliphatic carbocycles. The fourth-order valence-electron chi connectivity index (χ4n) is 2.16. The number of nitrogens with zero attached hydrogens (tertiary/aromatic N) is 5. The zero-order chi connectivity index (χ0) is 13.0. The lowest BCUT2D eigenvalue weighted by Gasteiger charge is -2.12. The van der Waals surface area contributed by atoms with Gasteiger partial charge in [0.15, 0.2) is 6.33 Å². The molecular formula is C10H18N6O2. The van der Waals surface area contributed by atoms with Crippen LogP contribution in [0.2, 0.25) is 0 Å². The summed E-state index contributed by atoms with van der Waals surface area (Å²) in [7, 11) is 1.94. The average Bonchev–Trinajstić information content (AvgIpc) is 2.90. The quantitative estimate of drug-likeness (QED) is 0.637. The standard InChI is InChI=1S/C10H18N6O2/c1-15-5-8(9(17)6-15)4-10(18)11-2-3-16-13-7-12-14-16/h7-9,17H,2-6H2,1H3,(H,11,18)/t8-,9-/m1/s1. The van der Waals surface area contributed by atoms with Crippen molar-refractivity contribution in [1.29, 1.82) is 0 Å². The van der Waals surface area contributed by atoms with Gasteiger partial charge in [0.1, 0.15) is 0 Å². The first kappa shape index (κ1) is 12.9. The summed E-state index contributed by atoms with van der Waals surface area (Å²) in [5.41, 5.74) is 0. The third-order valence-corrected chi connectivity index (χ3v) is 3.06. The number of tetrazole rings is 1. The Morgan fingerprint density at radius 3 is 3.00 bits per heavy atom. The first-order valence-electron chi connectivity index (χ1n) is 5.99. The number of hydrogen-bond donors (Lipinski definition) is 2. The van der Waals surface area contributed by atoms with Crippen LogP contribution in [-0.4, -0.2) is 68.9 Å². The molecule has 2 atom stereocenters. The van der Waals surface area contributed by atoms with Crippen molar-refractivity contribution < 1.29 is 9.90 Å². The van der Waals surface area contributed by atoms with Crippen LogP contribution in [0.15, 0.2) is 6.33 Å². The predicted octanol–water partition coefficient (Wildman–Crippen LogP) is -1.90. The van der Waals surface area contributed by atoms with E-state index in [0.717, 1.165) is 6.54 Å². The third-order valence-electron chi connectivity index (χ3n) is 3.06.